The third-order valence-electron chi connectivity index (χ3n) is 6.13. The summed E-state index contributed by atoms with van der Waals surface area (Å²) in [6.07, 6.45) is -3.21. The first-order valence-corrected chi connectivity index (χ1v) is 13.5. The third-order valence-corrected chi connectivity index (χ3v) is 6.72. The third kappa shape index (κ3) is 6.36. The zero-order valence-corrected chi connectivity index (χ0v) is 23.6. The monoisotopic (exact) mass is 639 g/mol. The van der Waals surface area contributed by atoms with E-state index < -0.39 is 17.3 Å². The van der Waals surface area contributed by atoms with E-state index in [1.807, 2.05) is 0 Å². The Bertz CT molecular complexity index is 1850. The molecule has 0 N–H and O–H groups in total. The van der Waals surface area contributed by atoms with E-state index in [-0.39, 0.29) is 29.2 Å². The van der Waals surface area contributed by atoms with Gasteiger partial charge in [-0.1, -0.05) is 36.4 Å². The molecule has 0 radical (unpaired) electrons. The molecule has 0 saturated heterocycles. The van der Waals surface area contributed by atoms with Gasteiger partial charge in [0.2, 0.25) is 0 Å². The summed E-state index contributed by atoms with van der Waals surface area (Å²) in [5.41, 5.74) is 0.0869. The number of hydrogen-bond acceptors (Lipinski definition) is 5. The fourth-order valence-corrected chi connectivity index (χ4v) is 4.80. The fourth-order valence-electron chi connectivity index (χ4n) is 4.22. The van der Waals surface area contributed by atoms with E-state index in [4.69, 9.17) is 9.47 Å². The smallest absolute Gasteiger partial charge is 0.416 e. The number of rotatable bonds is 8. The molecule has 5 rings (SSSR count). The zero-order valence-electron chi connectivity index (χ0n) is 22.0. The predicted octanol–water partition coefficient (Wildman–Crippen LogP) is 7.84. The molecule has 0 aliphatic carbocycles. The summed E-state index contributed by atoms with van der Waals surface area (Å²) in [4.78, 5) is 17.9. The van der Waals surface area contributed by atoms with Crippen molar-refractivity contribution in [3.63, 3.8) is 0 Å². The molecule has 0 atom stereocenters. The van der Waals surface area contributed by atoms with Gasteiger partial charge in [-0.2, -0.15) is 22.9 Å². The average Bonchev–Trinajstić information content (AvgIpc) is 2.96. The predicted molar refractivity (Wildman–Crippen MR) is 155 cm³/mol. The summed E-state index contributed by atoms with van der Waals surface area (Å²) >= 11 is 3.48. The molecule has 4 aromatic carbocycles. The van der Waals surface area contributed by atoms with Crippen LogP contribution in [0.1, 0.15) is 23.6 Å². The quantitative estimate of drug-likeness (QED) is 0.128. The molecule has 0 bridgehead atoms. The van der Waals surface area contributed by atoms with Gasteiger partial charge in [-0.05, 0) is 82.5 Å². The maximum absolute atomic E-state index is 13.6. The zero-order chi connectivity index (χ0) is 29.9. The molecule has 0 aliphatic heterocycles. The number of hydrogen-bond donors (Lipinski definition) is 0. The van der Waals surface area contributed by atoms with Crippen LogP contribution in [0.5, 0.6) is 11.5 Å². The van der Waals surface area contributed by atoms with Gasteiger partial charge in [0.05, 0.1) is 33.8 Å². The van der Waals surface area contributed by atoms with Gasteiger partial charge in [-0.25, -0.2) is 9.37 Å². The Labute approximate surface area is 246 Å². The van der Waals surface area contributed by atoms with Gasteiger partial charge >= 0.3 is 6.18 Å². The van der Waals surface area contributed by atoms with Crippen LogP contribution in [-0.2, 0) is 12.8 Å². The van der Waals surface area contributed by atoms with E-state index in [1.54, 1.807) is 55.5 Å². The van der Waals surface area contributed by atoms with Gasteiger partial charge in [0.25, 0.3) is 5.56 Å². The van der Waals surface area contributed by atoms with Crippen LogP contribution in [0.2, 0.25) is 0 Å². The molecule has 214 valence electrons. The summed E-state index contributed by atoms with van der Waals surface area (Å²) in [7, 11) is 0. The van der Waals surface area contributed by atoms with E-state index in [1.165, 1.54) is 30.5 Å². The first-order valence-electron chi connectivity index (χ1n) is 12.7. The highest BCUT2D eigenvalue weighted by molar-refractivity contribution is 9.10. The highest BCUT2D eigenvalue weighted by atomic mass is 79.9. The Morgan fingerprint density at radius 3 is 2.52 bits per heavy atom. The number of benzene rings is 4. The Morgan fingerprint density at radius 1 is 0.976 bits per heavy atom. The van der Waals surface area contributed by atoms with Crippen LogP contribution < -0.4 is 15.0 Å². The van der Waals surface area contributed by atoms with Crippen LogP contribution in [-0.4, -0.2) is 22.5 Å². The van der Waals surface area contributed by atoms with Gasteiger partial charge in [0, 0.05) is 5.56 Å². The number of alkyl halides is 3. The lowest BCUT2D eigenvalue weighted by atomic mass is 10.1. The van der Waals surface area contributed by atoms with Crippen molar-refractivity contribution in [3.05, 3.63) is 122 Å². The van der Waals surface area contributed by atoms with E-state index in [0.717, 1.165) is 16.8 Å². The lowest BCUT2D eigenvalue weighted by molar-refractivity contribution is -0.137. The second kappa shape index (κ2) is 12.2. The van der Waals surface area contributed by atoms with Gasteiger partial charge in [-0.15, -0.1) is 0 Å². The maximum atomic E-state index is 13.6. The molecule has 0 aliphatic rings. The van der Waals surface area contributed by atoms with Crippen LogP contribution in [0.3, 0.4) is 0 Å². The van der Waals surface area contributed by atoms with E-state index in [0.29, 0.717) is 39.2 Å². The maximum Gasteiger partial charge on any atom is 0.416 e. The standard InChI is InChI=1S/C31H22BrF4N3O3/c1-2-41-27-15-20(14-25(32)28(27)42-18-19-7-5-10-23(33)13-19)17-37-39-29(21-8-6-9-22(16-21)31(34,35)36)38-26-12-4-3-11-24(26)30(39)40/h3-17H,2,18H2,1H3. The minimum absolute atomic E-state index is 0.0554. The Balaban J connectivity index is 1.56. The SMILES string of the molecule is CCOc1cc(C=Nn2c(-c3cccc(C(F)(F)F)c3)nc3ccccc3c2=O)cc(Br)c1OCc1cccc(F)c1. The highest BCUT2D eigenvalue weighted by Crippen LogP contribution is 2.37. The number of nitrogens with zero attached hydrogens (tertiary/aromatic N) is 3. The van der Waals surface area contributed by atoms with Crippen molar-refractivity contribution < 1.29 is 27.0 Å². The fraction of sp³-hybridized carbons (Fsp3) is 0.129. The first kappa shape index (κ1) is 29.0. The molecule has 0 amide bonds. The molecule has 0 fully saturated rings. The molecule has 0 unspecified atom stereocenters. The summed E-state index contributed by atoms with van der Waals surface area (Å²) in [5, 5.41) is 4.60. The summed E-state index contributed by atoms with van der Waals surface area (Å²) in [6, 6.07) is 20.4. The van der Waals surface area contributed by atoms with Crippen LogP contribution in [0.4, 0.5) is 17.6 Å². The first-order chi connectivity index (χ1) is 20.1. The van der Waals surface area contributed by atoms with E-state index >= 15 is 0 Å². The molecule has 5 aromatic rings. The molecular weight excluding hydrogens is 618 g/mol. The van der Waals surface area contributed by atoms with Gasteiger partial charge in [0.15, 0.2) is 17.3 Å². The normalized spacial score (nSPS) is 11.8. The van der Waals surface area contributed by atoms with Gasteiger partial charge < -0.3 is 9.47 Å². The summed E-state index contributed by atoms with van der Waals surface area (Å²) in [5.74, 6) is 0.314. The van der Waals surface area contributed by atoms with Crippen molar-refractivity contribution >= 4 is 33.0 Å². The lowest BCUT2D eigenvalue weighted by Gasteiger charge is -2.15. The van der Waals surface area contributed by atoms with Crippen molar-refractivity contribution in [2.75, 3.05) is 6.61 Å². The highest BCUT2D eigenvalue weighted by Gasteiger charge is 2.31. The Kier molecular flexibility index (Phi) is 8.39. The summed E-state index contributed by atoms with van der Waals surface area (Å²) in [6.45, 7) is 2.20. The summed E-state index contributed by atoms with van der Waals surface area (Å²) < 4.78 is 67.1. The molecule has 0 saturated carbocycles. The largest absolute Gasteiger partial charge is 0.490 e. The molecule has 1 heterocycles. The number of aromatic nitrogens is 2. The Hall–Kier alpha value is -4.51. The Morgan fingerprint density at radius 2 is 1.76 bits per heavy atom. The minimum atomic E-state index is -4.58. The minimum Gasteiger partial charge on any atom is -0.490 e. The van der Waals surface area contributed by atoms with Crippen molar-refractivity contribution in [1.82, 2.24) is 9.66 Å². The van der Waals surface area contributed by atoms with E-state index in [2.05, 4.69) is 26.0 Å². The van der Waals surface area contributed by atoms with E-state index in [9.17, 15) is 22.4 Å². The number of para-hydroxylation sites is 1. The van der Waals surface area contributed by atoms with Crippen LogP contribution in [0.25, 0.3) is 22.3 Å². The molecule has 42 heavy (non-hydrogen) atoms. The number of fused-ring (bicyclic) bond motifs is 1. The van der Waals surface area contributed by atoms with Crippen molar-refractivity contribution in [1.29, 1.82) is 0 Å². The molecule has 1 aromatic heterocycles. The topological polar surface area (TPSA) is 65.7 Å². The van der Waals surface area contributed by atoms with Crippen molar-refractivity contribution in [3.8, 4) is 22.9 Å². The van der Waals surface area contributed by atoms with Crippen molar-refractivity contribution in [2.24, 2.45) is 5.10 Å². The van der Waals surface area contributed by atoms with Crippen LogP contribution in [0, 0.1) is 5.82 Å². The number of ether oxygens (including phenoxy) is 2. The molecule has 11 heteroatoms. The molecule has 6 nitrogen and oxygen atoms in total. The molecule has 0 spiro atoms. The number of halogens is 5. The lowest BCUT2D eigenvalue weighted by Crippen LogP contribution is -2.20. The van der Waals surface area contributed by atoms with Crippen molar-refractivity contribution in [2.45, 2.75) is 19.7 Å². The molecular formula is C31H22BrF4N3O3. The van der Waals surface area contributed by atoms with Crippen LogP contribution in [0.15, 0.2) is 99.3 Å². The average molecular weight is 640 g/mol. The van der Waals surface area contributed by atoms with Gasteiger partial charge in [-0.3, -0.25) is 4.79 Å². The van der Waals surface area contributed by atoms with Crippen LogP contribution >= 0.6 is 15.9 Å². The van der Waals surface area contributed by atoms with Gasteiger partial charge in [0.1, 0.15) is 12.4 Å². The second-order valence-electron chi connectivity index (χ2n) is 9.07. The second-order valence-corrected chi connectivity index (χ2v) is 9.93.